The van der Waals surface area contributed by atoms with Crippen LogP contribution < -0.4 is 16.6 Å². The van der Waals surface area contributed by atoms with Crippen LogP contribution in [0.4, 0.5) is 19.0 Å². The Hall–Kier alpha value is -3.08. The molecule has 7 nitrogen and oxygen atoms in total. The molecule has 1 aromatic carbocycles. The third-order valence-electron chi connectivity index (χ3n) is 4.39. The van der Waals surface area contributed by atoms with Gasteiger partial charge in [0.25, 0.3) is 5.56 Å². The van der Waals surface area contributed by atoms with Gasteiger partial charge in [0.15, 0.2) is 0 Å². The first-order chi connectivity index (χ1) is 14.2. The predicted molar refractivity (Wildman–Crippen MR) is 109 cm³/mol. The number of carbonyl (C=O) groups excluding carboxylic acids is 1. The lowest BCUT2D eigenvalue weighted by atomic mass is 10.2. The highest BCUT2D eigenvalue weighted by atomic mass is 32.2. The third kappa shape index (κ3) is 4.56. The molecule has 0 aliphatic heterocycles. The molecule has 30 heavy (non-hydrogen) atoms. The summed E-state index contributed by atoms with van der Waals surface area (Å²) in [5, 5.41) is 2.63. The number of alkyl halides is 3. The van der Waals surface area contributed by atoms with Crippen molar-refractivity contribution in [3.05, 3.63) is 69.0 Å². The SMILES string of the molecule is CSCC[C@@H](C(=O)Nc1ccc(C(F)(F)F)cn1)n1c(=O)[nH]c2ccccc2c1=O. The van der Waals surface area contributed by atoms with Crippen LogP contribution in [0.5, 0.6) is 0 Å². The minimum absolute atomic E-state index is 0.118. The summed E-state index contributed by atoms with van der Waals surface area (Å²) in [4.78, 5) is 44.5. The van der Waals surface area contributed by atoms with Gasteiger partial charge in [-0.3, -0.25) is 9.59 Å². The highest BCUT2D eigenvalue weighted by Gasteiger charge is 2.31. The summed E-state index contributed by atoms with van der Waals surface area (Å²) in [6.07, 6.45) is -1.99. The van der Waals surface area contributed by atoms with Crippen LogP contribution in [0, 0.1) is 0 Å². The van der Waals surface area contributed by atoms with Gasteiger partial charge in [-0.05, 0) is 42.7 Å². The molecule has 0 spiro atoms. The molecule has 158 valence electrons. The number of hydrogen-bond acceptors (Lipinski definition) is 5. The van der Waals surface area contributed by atoms with E-state index in [-0.39, 0.29) is 17.6 Å². The molecule has 0 saturated carbocycles. The minimum Gasteiger partial charge on any atom is -0.309 e. The Balaban J connectivity index is 1.97. The number of aromatic amines is 1. The van der Waals surface area contributed by atoms with Gasteiger partial charge in [0, 0.05) is 6.20 Å². The average Bonchev–Trinajstić information content (AvgIpc) is 2.70. The molecule has 0 unspecified atom stereocenters. The van der Waals surface area contributed by atoms with Crippen LogP contribution in [0.1, 0.15) is 18.0 Å². The molecule has 0 aliphatic rings. The molecule has 3 rings (SSSR count). The Morgan fingerprint density at radius 3 is 2.60 bits per heavy atom. The second kappa shape index (κ2) is 8.74. The van der Waals surface area contributed by atoms with Crippen molar-refractivity contribution in [3.8, 4) is 0 Å². The molecule has 1 atom stereocenters. The van der Waals surface area contributed by atoms with Crippen LogP contribution in [0.2, 0.25) is 0 Å². The maximum Gasteiger partial charge on any atom is 0.417 e. The maximum atomic E-state index is 12.9. The van der Waals surface area contributed by atoms with Crippen LogP contribution in [-0.2, 0) is 11.0 Å². The topological polar surface area (TPSA) is 96.8 Å². The van der Waals surface area contributed by atoms with E-state index in [2.05, 4.69) is 15.3 Å². The summed E-state index contributed by atoms with van der Waals surface area (Å²) in [5.74, 6) is -0.372. The molecule has 0 fully saturated rings. The number of benzene rings is 1. The molecular formula is C19H17F3N4O3S. The van der Waals surface area contributed by atoms with Gasteiger partial charge < -0.3 is 10.3 Å². The summed E-state index contributed by atoms with van der Waals surface area (Å²) in [6, 6.07) is 7.04. The largest absolute Gasteiger partial charge is 0.417 e. The molecule has 2 N–H and O–H groups in total. The quantitative estimate of drug-likeness (QED) is 0.617. The van der Waals surface area contributed by atoms with E-state index in [0.29, 0.717) is 17.5 Å². The molecule has 2 heterocycles. The lowest BCUT2D eigenvalue weighted by Gasteiger charge is -2.18. The number of H-pyrrole nitrogens is 1. The van der Waals surface area contributed by atoms with Gasteiger partial charge >= 0.3 is 11.9 Å². The lowest BCUT2D eigenvalue weighted by molar-refractivity contribution is -0.137. The van der Waals surface area contributed by atoms with Crippen molar-refractivity contribution in [2.45, 2.75) is 18.6 Å². The van der Waals surface area contributed by atoms with E-state index in [4.69, 9.17) is 0 Å². The van der Waals surface area contributed by atoms with Crippen LogP contribution in [0.25, 0.3) is 10.9 Å². The summed E-state index contributed by atoms with van der Waals surface area (Å²) in [6.45, 7) is 0. The zero-order valence-corrected chi connectivity index (χ0v) is 16.5. The number of pyridine rings is 1. The zero-order valence-electron chi connectivity index (χ0n) is 15.7. The standard InChI is InChI=1S/C19H17F3N4O3S/c1-30-9-8-14(16(27)25-15-7-6-11(10-23-15)19(20,21)22)26-17(28)12-4-2-3-5-13(12)24-18(26)29/h2-7,10,14H,8-9H2,1H3,(H,24,29)(H,23,25,27)/t14-/m0/s1. The number of hydrogen-bond donors (Lipinski definition) is 2. The molecule has 0 saturated heterocycles. The number of nitrogens with zero attached hydrogens (tertiary/aromatic N) is 2. The Kier molecular flexibility index (Phi) is 6.30. The molecular weight excluding hydrogens is 421 g/mol. The second-order valence-corrected chi connectivity index (χ2v) is 7.35. The molecule has 1 amide bonds. The van der Waals surface area contributed by atoms with Crippen LogP contribution in [0.15, 0.2) is 52.2 Å². The van der Waals surface area contributed by atoms with Gasteiger partial charge in [-0.1, -0.05) is 12.1 Å². The fraction of sp³-hybridized carbons (Fsp3) is 0.263. The van der Waals surface area contributed by atoms with E-state index in [1.807, 2.05) is 0 Å². The normalized spacial score (nSPS) is 12.7. The van der Waals surface area contributed by atoms with Gasteiger partial charge in [0.05, 0.1) is 16.5 Å². The van der Waals surface area contributed by atoms with E-state index in [0.717, 1.165) is 16.7 Å². The van der Waals surface area contributed by atoms with Crippen molar-refractivity contribution >= 4 is 34.4 Å². The fourth-order valence-corrected chi connectivity index (χ4v) is 3.37. The summed E-state index contributed by atoms with van der Waals surface area (Å²) in [5.41, 5.74) is -1.99. The number of aromatic nitrogens is 3. The first kappa shape index (κ1) is 21.6. The number of halogens is 3. The van der Waals surface area contributed by atoms with Crippen molar-refractivity contribution in [2.24, 2.45) is 0 Å². The Morgan fingerprint density at radius 1 is 1.23 bits per heavy atom. The smallest absolute Gasteiger partial charge is 0.309 e. The predicted octanol–water partition coefficient (Wildman–Crippen LogP) is 3.04. The number of carbonyl (C=O) groups is 1. The van der Waals surface area contributed by atoms with E-state index in [1.54, 1.807) is 24.5 Å². The van der Waals surface area contributed by atoms with Gasteiger partial charge in [-0.25, -0.2) is 14.3 Å². The second-order valence-electron chi connectivity index (χ2n) is 6.37. The van der Waals surface area contributed by atoms with Crippen LogP contribution in [-0.4, -0.2) is 32.5 Å². The number of rotatable bonds is 6. The van der Waals surface area contributed by atoms with E-state index >= 15 is 0 Å². The summed E-state index contributed by atoms with van der Waals surface area (Å²) >= 11 is 1.42. The number of thioether (sulfide) groups is 1. The number of para-hydroxylation sites is 1. The minimum atomic E-state index is -4.55. The number of fused-ring (bicyclic) bond motifs is 1. The highest BCUT2D eigenvalue weighted by Crippen LogP contribution is 2.29. The molecule has 0 radical (unpaired) electrons. The molecule has 2 aromatic heterocycles. The van der Waals surface area contributed by atoms with Gasteiger partial charge in [-0.2, -0.15) is 24.9 Å². The molecule has 0 bridgehead atoms. The third-order valence-corrected chi connectivity index (χ3v) is 5.03. The first-order valence-corrected chi connectivity index (χ1v) is 10.2. The van der Waals surface area contributed by atoms with E-state index in [9.17, 15) is 27.6 Å². The lowest BCUT2D eigenvalue weighted by Crippen LogP contribution is -2.43. The van der Waals surface area contributed by atoms with Crippen molar-refractivity contribution in [3.63, 3.8) is 0 Å². The summed E-state index contributed by atoms with van der Waals surface area (Å²) in [7, 11) is 0. The van der Waals surface area contributed by atoms with Gasteiger partial charge in [-0.15, -0.1) is 0 Å². The number of anilines is 1. The van der Waals surface area contributed by atoms with Crippen LogP contribution >= 0.6 is 11.8 Å². The highest BCUT2D eigenvalue weighted by molar-refractivity contribution is 7.98. The van der Waals surface area contributed by atoms with Gasteiger partial charge in [0.1, 0.15) is 11.9 Å². The van der Waals surface area contributed by atoms with E-state index < -0.39 is 34.9 Å². The Labute approximate surface area is 172 Å². The first-order valence-electron chi connectivity index (χ1n) is 8.79. The van der Waals surface area contributed by atoms with Gasteiger partial charge in [0.2, 0.25) is 5.91 Å². The zero-order chi connectivity index (χ0) is 21.9. The van der Waals surface area contributed by atoms with Crippen molar-refractivity contribution in [1.29, 1.82) is 0 Å². The van der Waals surface area contributed by atoms with Crippen LogP contribution in [0.3, 0.4) is 0 Å². The monoisotopic (exact) mass is 438 g/mol. The summed E-state index contributed by atoms with van der Waals surface area (Å²) < 4.78 is 38.9. The Bertz CT molecular complexity index is 1170. The fourth-order valence-electron chi connectivity index (χ4n) is 2.91. The molecule has 11 heteroatoms. The average molecular weight is 438 g/mol. The number of amides is 1. The Morgan fingerprint density at radius 2 is 1.97 bits per heavy atom. The van der Waals surface area contributed by atoms with Crippen molar-refractivity contribution in [1.82, 2.24) is 14.5 Å². The van der Waals surface area contributed by atoms with Crippen molar-refractivity contribution in [2.75, 3.05) is 17.3 Å². The van der Waals surface area contributed by atoms with Crippen molar-refractivity contribution < 1.29 is 18.0 Å². The van der Waals surface area contributed by atoms with E-state index in [1.165, 1.54) is 17.8 Å². The molecule has 0 aliphatic carbocycles. The molecule has 3 aromatic rings. The maximum absolute atomic E-state index is 12.9. The number of nitrogens with one attached hydrogen (secondary N) is 2.